The molecule has 0 amide bonds. The fraction of sp³-hybridized carbons (Fsp3) is 0.357. The molecule has 0 bridgehead atoms. The molecule has 0 atom stereocenters. The summed E-state index contributed by atoms with van der Waals surface area (Å²) >= 11 is 0. The summed E-state index contributed by atoms with van der Waals surface area (Å²) in [5, 5.41) is 3.91. The summed E-state index contributed by atoms with van der Waals surface area (Å²) in [7, 11) is 3.28. The Kier molecular flexibility index (Phi) is 3.94. The van der Waals surface area contributed by atoms with Crippen LogP contribution in [0.15, 0.2) is 22.7 Å². The standard InChI is InChI=1S/C14H18N2O3/c1-4-5-9-6-13(18-3)10(7-12(9)17-2)11-8-14(15)19-16-11/h6-8H,4-5,15H2,1-3H3. The predicted octanol–water partition coefficient (Wildman–Crippen LogP) is 2.89. The van der Waals surface area contributed by atoms with Crippen LogP contribution < -0.4 is 15.2 Å². The van der Waals surface area contributed by atoms with Crippen molar-refractivity contribution in [2.24, 2.45) is 0 Å². The van der Waals surface area contributed by atoms with Gasteiger partial charge in [0.2, 0.25) is 5.88 Å². The van der Waals surface area contributed by atoms with Crippen molar-refractivity contribution in [3.8, 4) is 22.8 Å². The van der Waals surface area contributed by atoms with Gasteiger partial charge in [-0.25, -0.2) is 0 Å². The Labute approximate surface area is 112 Å². The summed E-state index contributed by atoms with van der Waals surface area (Å²) in [4.78, 5) is 0. The Morgan fingerprint density at radius 1 is 1.16 bits per heavy atom. The van der Waals surface area contributed by atoms with Crippen molar-refractivity contribution in [1.82, 2.24) is 5.16 Å². The van der Waals surface area contributed by atoms with Gasteiger partial charge in [0.25, 0.3) is 0 Å². The molecule has 19 heavy (non-hydrogen) atoms. The topological polar surface area (TPSA) is 70.5 Å². The van der Waals surface area contributed by atoms with E-state index in [1.54, 1.807) is 20.3 Å². The molecule has 0 spiro atoms. The van der Waals surface area contributed by atoms with E-state index in [0.29, 0.717) is 5.69 Å². The highest BCUT2D eigenvalue weighted by Gasteiger charge is 2.15. The molecule has 0 aliphatic rings. The lowest BCUT2D eigenvalue weighted by molar-refractivity contribution is 0.398. The highest BCUT2D eigenvalue weighted by molar-refractivity contribution is 5.71. The molecule has 0 aliphatic carbocycles. The van der Waals surface area contributed by atoms with E-state index in [9.17, 15) is 0 Å². The minimum Gasteiger partial charge on any atom is -0.496 e. The number of rotatable bonds is 5. The summed E-state index contributed by atoms with van der Waals surface area (Å²) in [5.74, 6) is 1.82. The number of anilines is 1. The Bertz CT molecular complexity index is 564. The van der Waals surface area contributed by atoms with Crippen LogP contribution in [0.4, 0.5) is 5.88 Å². The molecule has 0 fully saturated rings. The van der Waals surface area contributed by atoms with Crippen molar-refractivity contribution in [3.05, 3.63) is 23.8 Å². The van der Waals surface area contributed by atoms with E-state index in [1.165, 1.54) is 0 Å². The van der Waals surface area contributed by atoms with Gasteiger partial charge >= 0.3 is 0 Å². The number of aryl methyl sites for hydroxylation is 1. The lowest BCUT2D eigenvalue weighted by Gasteiger charge is -2.13. The van der Waals surface area contributed by atoms with Gasteiger partial charge in [0.05, 0.1) is 14.2 Å². The van der Waals surface area contributed by atoms with Crippen LogP contribution in [0, 0.1) is 0 Å². The number of nitrogens with two attached hydrogens (primary N) is 1. The summed E-state index contributed by atoms with van der Waals surface area (Å²) in [6.45, 7) is 2.12. The summed E-state index contributed by atoms with van der Waals surface area (Å²) in [5.41, 5.74) is 8.11. The van der Waals surface area contributed by atoms with Gasteiger partial charge < -0.3 is 19.7 Å². The SMILES string of the molecule is CCCc1cc(OC)c(-c2cc(N)on2)cc1OC. The normalized spacial score (nSPS) is 10.5. The van der Waals surface area contributed by atoms with Crippen molar-refractivity contribution < 1.29 is 14.0 Å². The number of methoxy groups -OCH3 is 2. The van der Waals surface area contributed by atoms with Gasteiger partial charge in [0.1, 0.15) is 17.2 Å². The molecule has 2 aromatic rings. The van der Waals surface area contributed by atoms with Gasteiger partial charge in [-0.2, -0.15) is 0 Å². The van der Waals surface area contributed by atoms with Crippen LogP contribution in [0.3, 0.4) is 0 Å². The van der Waals surface area contributed by atoms with E-state index in [4.69, 9.17) is 19.7 Å². The largest absolute Gasteiger partial charge is 0.496 e. The van der Waals surface area contributed by atoms with Gasteiger partial charge in [0, 0.05) is 11.6 Å². The molecule has 0 unspecified atom stereocenters. The van der Waals surface area contributed by atoms with E-state index in [2.05, 4.69) is 12.1 Å². The van der Waals surface area contributed by atoms with E-state index in [1.807, 2.05) is 12.1 Å². The van der Waals surface area contributed by atoms with Gasteiger partial charge in [-0.05, 0) is 24.1 Å². The van der Waals surface area contributed by atoms with Gasteiger partial charge in [-0.15, -0.1) is 0 Å². The minimum absolute atomic E-state index is 0.272. The molecule has 1 aromatic carbocycles. The Morgan fingerprint density at radius 2 is 1.89 bits per heavy atom. The van der Waals surface area contributed by atoms with Crippen LogP contribution >= 0.6 is 0 Å². The van der Waals surface area contributed by atoms with Crippen LogP contribution in [-0.2, 0) is 6.42 Å². The number of ether oxygens (including phenoxy) is 2. The summed E-state index contributed by atoms with van der Waals surface area (Å²) in [6, 6.07) is 5.54. The lowest BCUT2D eigenvalue weighted by atomic mass is 10.0. The van der Waals surface area contributed by atoms with Gasteiger partial charge in [-0.1, -0.05) is 18.5 Å². The molecule has 102 valence electrons. The average molecular weight is 262 g/mol. The number of hydrogen-bond donors (Lipinski definition) is 1. The fourth-order valence-corrected chi connectivity index (χ4v) is 2.04. The number of aromatic nitrogens is 1. The Morgan fingerprint density at radius 3 is 2.42 bits per heavy atom. The molecule has 2 rings (SSSR count). The first-order valence-corrected chi connectivity index (χ1v) is 6.17. The highest BCUT2D eigenvalue weighted by Crippen LogP contribution is 2.36. The second kappa shape index (κ2) is 5.65. The molecule has 0 radical (unpaired) electrons. The van der Waals surface area contributed by atoms with Crippen LogP contribution in [0.2, 0.25) is 0 Å². The first-order chi connectivity index (χ1) is 9.19. The van der Waals surface area contributed by atoms with E-state index in [-0.39, 0.29) is 5.88 Å². The first-order valence-electron chi connectivity index (χ1n) is 6.17. The third-order valence-electron chi connectivity index (χ3n) is 2.93. The zero-order valence-electron chi connectivity index (χ0n) is 11.4. The van der Waals surface area contributed by atoms with Crippen LogP contribution in [-0.4, -0.2) is 19.4 Å². The van der Waals surface area contributed by atoms with Crippen LogP contribution in [0.5, 0.6) is 11.5 Å². The van der Waals surface area contributed by atoms with Crippen molar-refractivity contribution >= 4 is 5.88 Å². The average Bonchev–Trinajstić information content (AvgIpc) is 2.85. The monoisotopic (exact) mass is 262 g/mol. The maximum atomic E-state index is 5.55. The Balaban J connectivity index is 2.53. The summed E-state index contributed by atoms with van der Waals surface area (Å²) < 4.78 is 15.7. The maximum absolute atomic E-state index is 5.55. The zero-order valence-corrected chi connectivity index (χ0v) is 11.4. The molecule has 5 heteroatoms. The van der Waals surface area contributed by atoms with Crippen LogP contribution in [0.25, 0.3) is 11.3 Å². The van der Waals surface area contributed by atoms with Crippen molar-refractivity contribution in [2.75, 3.05) is 20.0 Å². The Hall–Kier alpha value is -2.17. The van der Waals surface area contributed by atoms with E-state index >= 15 is 0 Å². The molecular weight excluding hydrogens is 244 g/mol. The fourth-order valence-electron chi connectivity index (χ4n) is 2.04. The zero-order chi connectivity index (χ0) is 13.8. The van der Waals surface area contributed by atoms with E-state index < -0.39 is 0 Å². The second-order valence-corrected chi connectivity index (χ2v) is 4.23. The third kappa shape index (κ3) is 2.65. The van der Waals surface area contributed by atoms with Crippen molar-refractivity contribution in [3.63, 3.8) is 0 Å². The maximum Gasteiger partial charge on any atom is 0.222 e. The quantitative estimate of drug-likeness (QED) is 0.897. The van der Waals surface area contributed by atoms with Gasteiger partial charge in [-0.3, -0.25) is 0 Å². The summed E-state index contributed by atoms with van der Waals surface area (Å²) in [6.07, 6.45) is 1.97. The van der Waals surface area contributed by atoms with Crippen molar-refractivity contribution in [1.29, 1.82) is 0 Å². The molecular formula is C14H18N2O3. The minimum atomic E-state index is 0.272. The van der Waals surface area contributed by atoms with E-state index in [0.717, 1.165) is 35.5 Å². The van der Waals surface area contributed by atoms with Gasteiger partial charge in [0.15, 0.2) is 0 Å². The molecule has 1 aromatic heterocycles. The first kappa shape index (κ1) is 13.3. The number of nitrogens with zero attached hydrogens (tertiary/aromatic N) is 1. The smallest absolute Gasteiger partial charge is 0.222 e. The molecule has 0 aliphatic heterocycles. The van der Waals surface area contributed by atoms with Crippen molar-refractivity contribution in [2.45, 2.75) is 19.8 Å². The lowest BCUT2D eigenvalue weighted by Crippen LogP contribution is -1.96. The molecule has 0 saturated carbocycles. The molecule has 2 N–H and O–H groups in total. The second-order valence-electron chi connectivity index (χ2n) is 4.23. The van der Waals surface area contributed by atoms with Crippen LogP contribution in [0.1, 0.15) is 18.9 Å². The molecule has 5 nitrogen and oxygen atoms in total. The number of benzene rings is 1. The number of nitrogen functional groups attached to an aromatic ring is 1. The molecule has 1 heterocycles. The number of hydrogen-bond acceptors (Lipinski definition) is 5. The third-order valence-corrected chi connectivity index (χ3v) is 2.93. The molecule has 0 saturated heterocycles. The highest BCUT2D eigenvalue weighted by atomic mass is 16.5. The predicted molar refractivity (Wildman–Crippen MR) is 73.5 cm³/mol.